The van der Waals surface area contributed by atoms with E-state index in [0.29, 0.717) is 0 Å². The molecule has 0 saturated carbocycles. The highest BCUT2D eigenvalue weighted by atomic mass is 16.3. The molecule has 0 bridgehead atoms. The SMILES string of the molecule is CC(C)(C)c1ccc2c(c1)nc(-c1cccc(-n3c4ccccc4c4cc(-c5cccc6c5oc5ccccc56)ccc43)c1)n2-c1ccccc1. The number of para-hydroxylation sites is 4. The number of aromatic nitrogens is 3. The molecule has 10 rings (SSSR count). The van der Waals surface area contributed by atoms with Gasteiger partial charge in [-0.3, -0.25) is 4.57 Å². The quantitative estimate of drug-likeness (QED) is 0.189. The summed E-state index contributed by atoms with van der Waals surface area (Å²) in [7, 11) is 0. The maximum atomic E-state index is 6.44. The van der Waals surface area contributed by atoms with Crippen molar-refractivity contribution >= 4 is 54.8 Å². The fourth-order valence-corrected chi connectivity index (χ4v) is 7.76. The average molecular weight is 658 g/mol. The highest BCUT2D eigenvalue weighted by Gasteiger charge is 2.21. The monoisotopic (exact) mass is 657 g/mol. The number of imidazole rings is 1. The molecule has 51 heavy (non-hydrogen) atoms. The fourth-order valence-electron chi connectivity index (χ4n) is 7.76. The number of furan rings is 1. The van der Waals surface area contributed by atoms with Gasteiger partial charge in [0.05, 0.1) is 22.1 Å². The molecule has 244 valence electrons. The summed E-state index contributed by atoms with van der Waals surface area (Å²) in [5, 5.41) is 4.69. The van der Waals surface area contributed by atoms with Crippen molar-refractivity contribution in [3.8, 4) is 33.9 Å². The average Bonchev–Trinajstić information content (AvgIpc) is 3.84. The number of hydrogen-bond donors (Lipinski definition) is 0. The van der Waals surface area contributed by atoms with Crippen molar-refractivity contribution < 1.29 is 4.42 Å². The molecular formula is C47H35N3O. The molecule has 0 unspecified atom stereocenters. The molecule has 3 heterocycles. The summed E-state index contributed by atoms with van der Waals surface area (Å²) in [5.74, 6) is 0.922. The van der Waals surface area contributed by atoms with Gasteiger partial charge in [-0.25, -0.2) is 4.98 Å². The van der Waals surface area contributed by atoms with Crippen LogP contribution >= 0.6 is 0 Å². The van der Waals surface area contributed by atoms with Gasteiger partial charge in [0.15, 0.2) is 0 Å². The number of hydrogen-bond acceptors (Lipinski definition) is 2. The smallest absolute Gasteiger partial charge is 0.145 e. The van der Waals surface area contributed by atoms with Gasteiger partial charge in [0, 0.05) is 44.0 Å². The van der Waals surface area contributed by atoms with Crippen LogP contribution in [-0.4, -0.2) is 14.1 Å². The van der Waals surface area contributed by atoms with Gasteiger partial charge in [-0.2, -0.15) is 0 Å². The van der Waals surface area contributed by atoms with Crippen LogP contribution in [0.5, 0.6) is 0 Å². The minimum Gasteiger partial charge on any atom is -0.455 e. The lowest BCUT2D eigenvalue weighted by Gasteiger charge is -2.18. The van der Waals surface area contributed by atoms with E-state index in [9.17, 15) is 0 Å². The first-order valence-corrected chi connectivity index (χ1v) is 17.6. The van der Waals surface area contributed by atoms with Crippen LogP contribution in [0, 0.1) is 0 Å². The summed E-state index contributed by atoms with van der Waals surface area (Å²) in [6, 6.07) is 56.3. The highest BCUT2D eigenvalue weighted by molar-refractivity contribution is 6.13. The maximum absolute atomic E-state index is 6.44. The van der Waals surface area contributed by atoms with Crippen LogP contribution in [-0.2, 0) is 5.41 Å². The largest absolute Gasteiger partial charge is 0.455 e. The molecule has 10 aromatic rings. The molecule has 0 aliphatic carbocycles. The minimum absolute atomic E-state index is 0.0276. The summed E-state index contributed by atoms with van der Waals surface area (Å²) >= 11 is 0. The number of benzene rings is 7. The first-order valence-electron chi connectivity index (χ1n) is 17.6. The van der Waals surface area contributed by atoms with Gasteiger partial charge in [-0.1, -0.05) is 118 Å². The van der Waals surface area contributed by atoms with Crippen molar-refractivity contribution in [2.45, 2.75) is 26.2 Å². The Morgan fingerprint density at radius 3 is 2.06 bits per heavy atom. The summed E-state index contributed by atoms with van der Waals surface area (Å²) in [6.07, 6.45) is 0. The van der Waals surface area contributed by atoms with E-state index in [4.69, 9.17) is 9.40 Å². The summed E-state index contributed by atoms with van der Waals surface area (Å²) in [5.41, 5.74) is 13.0. The zero-order chi connectivity index (χ0) is 34.3. The second kappa shape index (κ2) is 11.1. The first-order chi connectivity index (χ1) is 24.9. The van der Waals surface area contributed by atoms with Crippen molar-refractivity contribution in [1.29, 1.82) is 0 Å². The molecule has 0 saturated heterocycles. The summed E-state index contributed by atoms with van der Waals surface area (Å²) in [6.45, 7) is 6.75. The predicted molar refractivity (Wildman–Crippen MR) is 212 cm³/mol. The van der Waals surface area contributed by atoms with E-state index in [1.807, 2.05) is 12.1 Å². The lowest BCUT2D eigenvalue weighted by Crippen LogP contribution is -2.10. The van der Waals surface area contributed by atoms with Gasteiger partial charge >= 0.3 is 0 Å². The third kappa shape index (κ3) is 4.64. The molecular weight excluding hydrogens is 623 g/mol. The molecule has 0 aliphatic rings. The van der Waals surface area contributed by atoms with Crippen LogP contribution in [0.25, 0.3) is 88.7 Å². The Hall–Kier alpha value is -6.39. The van der Waals surface area contributed by atoms with E-state index in [-0.39, 0.29) is 5.41 Å². The van der Waals surface area contributed by atoms with E-state index in [2.05, 4.69) is 175 Å². The topological polar surface area (TPSA) is 35.9 Å². The zero-order valence-corrected chi connectivity index (χ0v) is 28.8. The number of nitrogens with zero attached hydrogens (tertiary/aromatic N) is 3. The second-order valence-corrected chi connectivity index (χ2v) is 14.5. The molecule has 4 nitrogen and oxygen atoms in total. The lowest BCUT2D eigenvalue weighted by molar-refractivity contribution is 0.591. The molecule has 0 amide bonds. The Bertz CT molecular complexity index is 2950. The van der Waals surface area contributed by atoms with Crippen molar-refractivity contribution in [2.24, 2.45) is 0 Å². The summed E-state index contributed by atoms with van der Waals surface area (Å²) < 4.78 is 11.1. The predicted octanol–water partition coefficient (Wildman–Crippen LogP) is 12.7. The molecule has 3 aromatic heterocycles. The van der Waals surface area contributed by atoms with Gasteiger partial charge in [-0.15, -0.1) is 0 Å². The Morgan fingerprint density at radius 2 is 1.20 bits per heavy atom. The van der Waals surface area contributed by atoms with E-state index >= 15 is 0 Å². The van der Waals surface area contributed by atoms with E-state index in [1.54, 1.807) is 0 Å². The van der Waals surface area contributed by atoms with Crippen molar-refractivity contribution in [3.63, 3.8) is 0 Å². The number of rotatable bonds is 4. The van der Waals surface area contributed by atoms with Crippen LogP contribution in [0.3, 0.4) is 0 Å². The van der Waals surface area contributed by atoms with Crippen LogP contribution in [0.1, 0.15) is 26.3 Å². The molecule has 0 fully saturated rings. The van der Waals surface area contributed by atoms with E-state index in [1.165, 1.54) is 16.3 Å². The molecule has 0 N–H and O–H groups in total. The standard InChI is InChI=1S/C47H35N3O/c1-47(2,3)32-24-26-43-40(29-32)48-46(50(43)33-14-5-4-6-15-33)31-13-11-16-34(27-31)49-41-21-9-7-17-36(41)39-28-30(23-25-42(39)49)35-19-12-20-38-37-18-8-10-22-44(37)51-45(35)38/h4-29H,1-3H3. The third-order valence-electron chi connectivity index (χ3n) is 10.3. The summed E-state index contributed by atoms with van der Waals surface area (Å²) in [4.78, 5) is 5.31. The molecule has 0 aliphatic heterocycles. The zero-order valence-electron chi connectivity index (χ0n) is 28.8. The van der Waals surface area contributed by atoms with Crippen LogP contribution in [0.2, 0.25) is 0 Å². The maximum Gasteiger partial charge on any atom is 0.145 e. The molecule has 0 atom stereocenters. The Balaban J connectivity index is 1.16. The van der Waals surface area contributed by atoms with Gasteiger partial charge in [0.2, 0.25) is 0 Å². The lowest BCUT2D eigenvalue weighted by atomic mass is 9.87. The van der Waals surface area contributed by atoms with Crippen LogP contribution < -0.4 is 0 Å². The van der Waals surface area contributed by atoms with Crippen molar-refractivity contribution in [2.75, 3.05) is 0 Å². The molecule has 7 aromatic carbocycles. The van der Waals surface area contributed by atoms with Crippen LogP contribution in [0.15, 0.2) is 162 Å². The fraction of sp³-hybridized carbons (Fsp3) is 0.0851. The third-order valence-corrected chi connectivity index (χ3v) is 10.3. The highest BCUT2D eigenvalue weighted by Crippen LogP contribution is 2.40. The number of fused-ring (bicyclic) bond motifs is 7. The van der Waals surface area contributed by atoms with Crippen molar-refractivity contribution in [1.82, 2.24) is 14.1 Å². The first kappa shape index (κ1) is 29.5. The van der Waals surface area contributed by atoms with Crippen molar-refractivity contribution in [3.05, 3.63) is 163 Å². The van der Waals surface area contributed by atoms with E-state index < -0.39 is 0 Å². The van der Waals surface area contributed by atoms with Gasteiger partial charge in [-0.05, 0) is 77.2 Å². The Kier molecular flexibility index (Phi) is 6.40. The van der Waals surface area contributed by atoms with Gasteiger partial charge in [0.1, 0.15) is 17.0 Å². The Morgan fingerprint density at radius 1 is 0.490 bits per heavy atom. The van der Waals surface area contributed by atoms with E-state index in [0.717, 1.165) is 77.9 Å². The normalized spacial score (nSPS) is 12.2. The van der Waals surface area contributed by atoms with Gasteiger partial charge < -0.3 is 8.98 Å². The molecule has 0 spiro atoms. The van der Waals surface area contributed by atoms with Gasteiger partial charge in [0.25, 0.3) is 0 Å². The minimum atomic E-state index is 0.0276. The second-order valence-electron chi connectivity index (χ2n) is 14.5. The Labute approximate surface area is 295 Å². The van der Waals surface area contributed by atoms with Crippen LogP contribution in [0.4, 0.5) is 0 Å². The molecule has 0 radical (unpaired) electrons. The molecule has 4 heteroatoms.